The maximum Gasteiger partial charge on any atom is 0.311 e. The van der Waals surface area contributed by atoms with E-state index in [1.807, 2.05) is 13.0 Å². The summed E-state index contributed by atoms with van der Waals surface area (Å²) in [5.41, 5.74) is 2.03. The fourth-order valence-corrected chi connectivity index (χ4v) is 3.21. The van der Waals surface area contributed by atoms with E-state index in [-0.39, 0.29) is 23.4 Å². The first kappa shape index (κ1) is 19.5. The van der Waals surface area contributed by atoms with E-state index in [2.05, 4.69) is 10.3 Å². The average Bonchev–Trinajstić information content (AvgIpc) is 3.08. The van der Waals surface area contributed by atoms with Crippen LogP contribution in [0.2, 0.25) is 0 Å². The summed E-state index contributed by atoms with van der Waals surface area (Å²) in [6.45, 7) is 3.92. The Bertz CT molecular complexity index is 1110. The van der Waals surface area contributed by atoms with Gasteiger partial charge in [0.15, 0.2) is 10.6 Å². The van der Waals surface area contributed by atoms with Crippen molar-refractivity contribution in [1.29, 1.82) is 0 Å². The third-order valence-electron chi connectivity index (χ3n) is 3.78. The second kappa shape index (κ2) is 8.62. The molecular weight excluding hydrogens is 380 g/mol. The molecule has 144 valence electrons. The number of esters is 1. The molecule has 2 aromatic heterocycles. The molecule has 8 heteroatoms. The molecule has 0 saturated carbocycles. The van der Waals surface area contributed by atoms with Crippen molar-refractivity contribution in [3.05, 3.63) is 63.0 Å². The van der Waals surface area contributed by atoms with E-state index in [0.29, 0.717) is 28.4 Å². The van der Waals surface area contributed by atoms with Gasteiger partial charge in [0.05, 0.1) is 29.7 Å². The Labute approximate surface area is 164 Å². The number of hydrogen-bond acceptors (Lipinski definition) is 7. The molecule has 0 spiro atoms. The quantitative estimate of drug-likeness (QED) is 0.505. The molecule has 7 nitrogen and oxygen atoms in total. The van der Waals surface area contributed by atoms with Crippen molar-refractivity contribution in [2.75, 3.05) is 11.9 Å². The molecule has 3 aromatic rings. The smallest absolute Gasteiger partial charge is 0.311 e. The van der Waals surface area contributed by atoms with E-state index >= 15 is 0 Å². The number of carbonyl (C=O) groups is 2. The minimum absolute atomic E-state index is 0.0492. The van der Waals surface area contributed by atoms with Gasteiger partial charge in [-0.3, -0.25) is 19.7 Å². The van der Waals surface area contributed by atoms with Crippen LogP contribution in [-0.2, 0) is 20.7 Å². The number of hydrogen-bond donors (Lipinski definition) is 1. The average molecular weight is 398 g/mol. The van der Waals surface area contributed by atoms with Gasteiger partial charge >= 0.3 is 5.97 Å². The summed E-state index contributed by atoms with van der Waals surface area (Å²) in [6, 6.07) is 5.35. The second-order valence-corrected chi connectivity index (χ2v) is 6.83. The lowest BCUT2D eigenvalue weighted by Gasteiger charge is -2.00. The Hall–Kier alpha value is -3.26. The van der Waals surface area contributed by atoms with E-state index in [1.165, 1.54) is 29.8 Å². The lowest BCUT2D eigenvalue weighted by Crippen LogP contribution is -2.10. The molecule has 0 aliphatic carbocycles. The van der Waals surface area contributed by atoms with Crippen molar-refractivity contribution in [2.24, 2.45) is 0 Å². The van der Waals surface area contributed by atoms with Crippen LogP contribution in [0.25, 0.3) is 17.0 Å². The van der Waals surface area contributed by atoms with Gasteiger partial charge in [0, 0.05) is 11.5 Å². The molecular formula is C20H18N2O5S. The number of fused-ring (bicyclic) bond motifs is 1. The summed E-state index contributed by atoms with van der Waals surface area (Å²) in [5.74, 6) is -0.815. The molecule has 0 bridgehead atoms. The fourth-order valence-electron chi connectivity index (χ4n) is 2.49. The first-order valence-electron chi connectivity index (χ1n) is 8.57. The molecule has 1 N–H and O–H groups in total. The number of ether oxygens (including phenoxy) is 1. The molecule has 28 heavy (non-hydrogen) atoms. The summed E-state index contributed by atoms with van der Waals surface area (Å²) in [5, 5.41) is 5.10. The van der Waals surface area contributed by atoms with E-state index < -0.39 is 5.91 Å². The molecule has 2 heterocycles. The van der Waals surface area contributed by atoms with Gasteiger partial charge in [-0.15, -0.1) is 11.3 Å². The monoisotopic (exact) mass is 398 g/mol. The van der Waals surface area contributed by atoms with E-state index in [9.17, 15) is 14.4 Å². The van der Waals surface area contributed by atoms with Crippen LogP contribution in [0, 0.1) is 6.92 Å². The van der Waals surface area contributed by atoms with E-state index in [0.717, 1.165) is 5.56 Å². The van der Waals surface area contributed by atoms with Gasteiger partial charge in [-0.1, -0.05) is 11.6 Å². The van der Waals surface area contributed by atoms with E-state index in [1.54, 1.807) is 24.4 Å². The van der Waals surface area contributed by atoms with Gasteiger partial charge in [-0.2, -0.15) is 0 Å². The summed E-state index contributed by atoms with van der Waals surface area (Å²) >= 11 is 1.20. The molecule has 0 aliphatic rings. The van der Waals surface area contributed by atoms with Crippen molar-refractivity contribution < 1.29 is 18.7 Å². The summed E-state index contributed by atoms with van der Waals surface area (Å²) in [6.07, 6.45) is 4.01. The normalized spacial score (nSPS) is 11.1. The number of nitrogens with one attached hydrogen (secondary N) is 1. The summed E-state index contributed by atoms with van der Waals surface area (Å²) < 4.78 is 10.3. The molecule has 0 saturated heterocycles. The molecule has 1 amide bonds. The zero-order valence-electron chi connectivity index (χ0n) is 15.4. The summed E-state index contributed by atoms with van der Waals surface area (Å²) in [7, 11) is 0. The standard InChI is InChI=1S/C20H18N2O5S/c1-3-26-18(24)9-14-11-28-20(21-14)22-17(23)7-5-13-10-27-16-6-4-12(2)8-15(16)19(13)25/h4-8,10-11H,3,9H2,1-2H3,(H,21,22,23)/b7-5+. The third kappa shape index (κ3) is 4.72. The second-order valence-electron chi connectivity index (χ2n) is 5.97. The Morgan fingerprint density at radius 3 is 2.96 bits per heavy atom. The SMILES string of the molecule is CCOC(=O)Cc1csc(NC(=O)/C=C/c2coc3ccc(C)cc3c2=O)n1. The number of amides is 1. The van der Waals surface area contributed by atoms with Crippen LogP contribution >= 0.6 is 11.3 Å². The first-order valence-corrected chi connectivity index (χ1v) is 9.45. The molecule has 0 aliphatic heterocycles. The minimum atomic E-state index is -0.444. The van der Waals surface area contributed by atoms with Crippen LogP contribution in [0.1, 0.15) is 23.7 Å². The zero-order valence-corrected chi connectivity index (χ0v) is 16.2. The van der Waals surface area contributed by atoms with Crippen LogP contribution in [0.4, 0.5) is 5.13 Å². The lowest BCUT2D eigenvalue weighted by molar-refractivity contribution is -0.142. The highest BCUT2D eigenvalue weighted by Gasteiger charge is 2.10. The molecule has 0 unspecified atom stereocenters. The van der Waals surface area contributed by atoms with Crippen LogP contribution in [-0.4, -0.2) is 23.5 Å². The third-order valence-corrected chi connectivity index (χ3v) is 4.59. The highest BCUT2D eigenvalue weighted by molar-refractivity contribution is 7.14. The van der Waals surface area contributed by atoms with Gasteiger partial charge in [-0.25, -0.2) is 4.98 Å². The van der Waals surface area contributed by atoms with Crippen LogP contribution in [0.3, 0.4) is 0 Å². The van der Waals surface area contributed by atoms with Gasteiger partial charge in [-0.05, 0) is 32.1 Å². The lowest BCUT2D eigenvalue weighted by atomic mass is 10.1. The van der Waals surface area contributed by atoms with Gasteiger partial charge in [0.2, 0.25) is 5.91 Å². The van der Waals surface area contributed by atoms with Crippen molar-refractivity contribution in [1.82, 2.24) is 4.98 Å². The van der Waals surface area contributed by atoms with Gasteiger partial charge < -0.3 is 9.15 Å². The highest BCUT2D eigenvalue weighted by Crippen LogP contribution is 2.17. The van der Waals surface area contributed by atoms with Crippen molar-refractivity contribution in [3.63, 3.8) is 0 Å². The van der Waals surface area contributed by atoms with Crippen LogP contribution in [0.15, 0.2) is 45.1 Å². The van der Waals surface area contributed by atoms with Crippen LogP contribution < -0.4 is 10.7 Å². The minimum Gasteiger partial charge on any atom is -0.466 e. The van der Waals surface area contributed by atoms with E-state index in [4.69, 9.17) is 9.15 Å². The maximum absolute atomic E-state index is 12.5. The zero-order chi connectivity index (χ0) is 20.1. The van der Waals surface area contributed by atoms with Gasteiger partial charge in [0.25, 0.3) is 0 Å². The molecule has 0 fully saturated rings. The van der Waals surface area contributed by atoms with Crippen molar-refractivity contribution in [3.8, 4) is 0 Å². The maximum atomic E-state index is 12.5. The number of benzene rings is 1. The summed E-state index contributed by atoms with van der Waals surface area (Å²) in [4.78, 5) is 40.2. The number of nitrogens with zero attached hydrogens (tertiary/aromatic N) is 1. The number of aromatic nitrogens is 1. The number of carbonyl (C=O) groups excluding carboxylic acids is 2. The number of aryl methyl sites for hydroxylation is 1. The number of anilines is 1. The predicted octanol–water partition coefficient (Wildman–Crippen LogP) is 3.32. The molecule has 1 aromatic carbocycles. The van der Waals surface area contributed by atoms with Crippen molar-refractivity contribution in [2.45, 2.75) is 20.3 Å². The van der Waals surface area contributed by atoms with Gasteiger partial charge in [0.1, 0.15) is 11.8 Å². The topological polar surface area (TPSA) is 98.5 Å². The van der Waals surface area contributed by atoms with Crippen molar-refractivity contribution >= 4 is 45.4 Å². The molecule has 3 rings (SSSR count). The Balaban J connectivity index is 1.68. The number of rotatable bonds is 6. The highest BCUT2D eigenvalue weighted by atomic mass is 32.1. The fraction of sp³-hybridized carbons (Fsp3) is 0.200. The Morgan fingerprint density at radius 2 is 2.18 bits per heavy atom. The molecule has 0 radical (unpaired) electrons. The molecule has 0 atom stereocenters. The first-order chi connectivity index (χ1) is 13.5. The predicted molar refractivity (Wildman–Crippen MR) is 107 cm³/mol. The number of thiazole rings is 1. The van der Waals surface area contributed by atoms with Crippen LogP contribution in [0.5, 0.6) is 0 Å². The Kier molecular flexibility index (Phi) is 6.00. The largest absolute Gasteiger partial charge is 0.466 e. The Morgan fingerprint density at radius 1 is 1.36 bits per heavy atom.